The molecule has 0 aliphatic carbocycles. The van der Waals surface area contributed by atoms with Crippen molar-refractivity contribution in [1.29, 1.82) is 0 Å². The summed E-state index contributed by atoms with van der Waals surface area (Å²) in [6.07, 6.45) is 5.47. The molecular formula is C16H13ClFN5. The Morgan fingerprint density at radius 1 is 1.30 bits per heavy atom. The molecule has 23 heavy (non-hydrogen) atoms. The third-order valence-electron chi connectivity index (χ3n) is 4.02. The lowest BCUT2D eigenvalue weighted by molar-refractivity contribution is 0.621. The minimum atomic E-state index is -0.431. The quantitative estimate of drug-likeness (QED) is 0.584. The molecule has 1 aromatic carbocycles. The summed E-state index contributed by atoms with van der Waals surface area (Å²) >= 11 is 6.08. The number of fused-ring (bicyclic) bond motifs is 2. The molecule has 0 aliphatic rings. The van der Waals surface area contributed by atoms with E-state index in [9.17, 15) is 4.39 Å². The Kier molecular flexibility index (Phi) is 3.02. The van der Waals surface area contributed by atoms with E-state index in [0.717, 1.165) is 28.0 Å². The van der Waals surface area contributed by atoms with Crippen LogP contribution in [0.3, 0.4) is 0 Å². The molecule has 4 rings (SSSR count). The maximum absolute atomic E-state index is 14.4. The maximum atomic E-state index is 14.4. The SMILES string of the molecule is CNc1cn2cc(-c3c(C)c(F)c(Cl)c4[nH]ncc34)ccc2n1. The van der Waals surface area contributed by atoms with Gasteiger partial charge in [-0.15, -0.1) is 0 Å². The molecule has 116 valence electrons. The van der Waals surface area contributed by atoms with Gasteiger partial charge in [0.05, 0.1) is 17.9 Å². The van der Waals surface area contributed by atoms with Crippen LogP contribution in [0.4, 0.5) is 10.2 Å². The van der Waals surface area contributed by atoms with Crippen molar-refractivity contribution in [3.8, 4) is 11.1 Å². The second kappa shape index (κ2) is 4.96. The van der Waals surface area contributed by atoms with E-state index in [0.29, 0.717) is 11.1 Å². The van der Waals surface area contributed by atoms with Gasteiger partial charge in [0.2, 0.25) is 0 Å². The Morgan fingerprint density at radius 3 is 2.91 bits per heavy atom. The van der Waals surface area contributed by atoms with Crippen molar-refractivity contribution in [3.05, 3.63) is 47.1 Å². The van der Waals surface area contributed by atoms with Crippen LogP contribution in [-0.2, 0) is 0 Å². The zero-order chi connectivity index (χ0) is 16.1. The van der Waals surface area contributed by atoms with Gasteiger partial charge in [-0.1, -0.05) is 11.6 Å². The molecule has 0 bridgehead atoms. The Labute approximate surface area is 136 Å². The lowest BCUT2D eigenvalue weighted by atomic mass is 9.97. The van der Waals surface area contributed by atoms with E-state index in [1.54, 1.807) is 13.1 Å². The van der Waals surface area contributed by atoms with Crippen molar-refractivity contribution < 1.29 is 4.39 Å². The molecule has 0 unspecified atom stereocenters. The fourth-order valence-electron chi connectivity index (χ4n) is 2.86. The summed E-state index contributed by atoms with van der Waals surface area (Å²) in [4.78, 5) is 4.41. The van der Waals surface area contributed by atoms with E-state index in [4.69, 9.17) is 11.6 Å². The van der Waals surface area contributed by atoms with Gasteiger partial charge in [-0.05, 0) is 30.2 Å². The van der Waals surface area contributed by atoms with Gasteiger partial charge in [0.1, 0.15) is 22.3 Å². The molecular weight excluding hydrogens is 317 g/mol. The number of nitrogens with zero attached hydrogens (tertiary/aromatic N) is 3. The number of aromatic nitrogens is 4. The molecule has 0 radical (unpaired) electrons. The van der Waals surface area contributed by atoms with E-state index in [1.165, 1.54) is 0 Å². The highest BCUT2D eigenvalue weighted by Crippen LogP contribution is 2.37. The Balaban J connectivity index is 2.03. The topological polar surface area (TPSA) is 58.0 Å². The smallest absolute Gasteiger partial charge is 0.147 e. The Hall–Kier alpha value is -2.60. The van der Waals surface area contributed by atoms with Crippen LogP contribution in [0, 0.1) is 12.7 Å². The van der Waals surface area contributed by atoms with Crippen molar-refractivity contribution in [1.82, 2.24) is 19.6 Å². The number of hydrogen-bond donors (Lipinski definition) is 2. The lowest BCUT2D eigenvalue weighted by Crippen LogP contribution is -1.94. The maximum Gasteiger partial charge on any atom is 0.147 e. The van der Waals surface area contributed by atoms with Crippen LogP contribution in [0.2, 0.25) is 5.02 Å². The number of imidazole rings is 1. The Bertz CT molecular complexity index is 1050. The third-order valence-corrected chi connectivity index (χ3v) is 4.38. The molecule has 5 nitrogen and oxygen atoms in total. The first-order valence-electron chi connectivity index (χ1n) is 7.07. The molecule has 7 heteroatoms. The van der Waals surface area contributed by atoms with Gasteiger partial charge in [-0.25, -0.2) is 9.37 Å². The minimum Gasteiger partial charge on any atom is -0.372 e. The fraction of sp³-hybridized carbons (Fsp3) is 0.125. The van der Waals surface area contributed by atoms with Crippen LogP contribution in [0.5, 0.6) is 0 Å². The van der Waals surface area contributed by atoms with Gasteiger partial charge in [0, 0.05) is 24.2 Å². The normalized spacial score (nSPS) is 11.5. The number of halogens is 2. The first kappa shape index (κ1) is 14.0. The van der Waals surface area contributed by atoms with Gasteiger partial charge in [-0.3, -0.25) is 5.10 Å². The van der Waals surface area contributed by atoms with Gasteiger partial charge in [0.25, 0.3) is 0 Å². The lowest BCUT2D eigenvalue weighted by Gasteiger charge is -2.11. The third kappa shape index (κ3) is 1.98. The minimum absolute atomic E-state index is 0.0694. The molecule has 0 saturated heterocycles. The number of H-pyrrole nitrogens is 1. The van der Waals surface area contributed by atoms with Crippen LogP contribution in [-0.4, -0.2) is 26.6 Å². The van der Waals surface area contributed by atoms with Gasteiger partial charge < -0.3 is 9.72 Å². The predicted octanol–water partition coefficient (Wildman–Crippen LogP) is 4.02. The average molecular weight is 330 g/mol. The molecule has 3 heterocycles. The predicted molar refractivity (Wildman–Crippen MR) is 89.5 cm³/mol. The number of anilines is 1. The monoisotopic (exact) mass is 329 g/mol. The van der Waals surface area contributed by atoms with Crippen molar-refractivity contribution in [2.75, 3.05) is 12.4 Å². The molecule has 0 fully saturated rings. The summed E-state index contributed by atoms with van der Waals surface area (Å²) in [6.45, 7) is 1.72. The van der Waals surface area contributed by atoms with Crippen LogP contribution < -0.4 is 5.32 Å². The standard InChI is InChI=1S/C16H13ClFN5/c1-8-13(10-5-20-22-16(10)14(17)15(8)18)9-3-4-12-21-11(19-2)7-23(12)6-9/h3-7,19H,1-2H3,(H,20,22). The molecule has 0 amide bonds. The van der Waals surface area contributed by atoms with Crippen LogP contribution >= 0.6 is 11.6 Å². The largest absolute Gasteiger partial charge is 0.372 e. The summed E-state index contributed by atoms with van der Waals surface area (Å²) < 4.78 is 16.3. The molecule has 3 aromatic heterocycles. The number of nitrogens with one attached hydrogen (secondary N) is 2. The summed E-state index contributed by atoms with van der Waals surface area (Å²) in [6, 6.07) is 3.82. The summed E-state index contributed by atoms with van der Waals surface area (Å²) in [5, 5.41) is 10.6. The van der Waals surface area contributed by atoms with Gasteiger partial charge in [-0.2, -0.15) is 5.10 Å². The number of rotatable bonds is 2. The Morgan fingerprint density at radius 2 is 2.13 bits per heavy atom. The van der Waals surface area contributed by atoms with Crippen LogP contribution in [0.15, 0.2) is 30.7 Å². The van der Waals surface area contributed by atoms with E-state index >= 15 is 0 Å². The molecule has 0 atom stereocenters. The van der Waals surface area contributed by atoms with Gasteiger partial charge in [0.15, 0.2) is 0 Å². The molecule has 4 aromatic rings. The first-order chi connectivity index (χ1) is 11.1. The van der Waals surface area contributed by atoms with Gasteiger partial charge >= 0.3 is 0 Å². The molecule has 0 saturated carbocycles. The molecule has 0 aliphatic heterocycles. The van der Waals surface area contributed by atoms with Crippen molar-refractivity contribution in [2.24, 2.45) is 0 Å². The summed E-state index contributed by atoms with van der Waals surface area (Å²) in [5.74, 6) is 0.342. The zero-order valence-corrected chi connectivity index (χ0v) is 13.2. The molecule has 0 spiro atoms. The summed E-state index contributed by atoms with van der Waals surface area (Å²) in [7, 11) is 1.82. The van der Waals surface area contributed by atoms with Crippen molar-refractivity contribution >= 4 is 34.0 Å². The molecule has 2 N–H and O–H groups in total. The number of aromatic amines is 1. The highest BCUT2D eigenvalue weighted by atomic mass is 35.5. The van der Waals surface area contributed by atoms with E-state index < -0.39 is 5.82 Å². The van der Waals surface area contributed by atoms with E-state index in [2.05, 4.69) is 20.5 Å². The second-order valence-electron chi connectivity index (χ2n) is 5.35. The highest BCUT2D eigenvalue weighted by Gasteiger charge is 2.18. The highest BCUT2D eigenvalue weighted by molar-refractivity contribution is 6.35. The summed E-state index contributed by atoms with van der Waals surface area (Å²) in [5.41, 5.74) is 3.46. The number of pyridine rings is 1. The van der Waals surface area contributed by atoms with Crippen LogP contribution in [0.25, 0.3) is 27.7 Å². The zero-order valence-electron chi connectivity index (χ0n) is 12.5. The van der Waals surface area contributed by atoms with E-state index in [-0.39, 0.29) is 5.02 Å². The average Bonchev–Trinajstić information content (AvgIpc) is 3.18. The second-order valence-corrected chi connectivity index (χ2v) is 5.72. The van der Waals surface area contributed by atoms with Crippen molar-refractivity contribution in [3.63, 3.8) is 0 Å². The van der Waals surface area contributed by atoms with Crippen molar-refractivity contribution in [2.45, 2.75) is 6.92 Å². The fourth-order valence-corrected chi connectivity index (χ4v) is 3.15. The van der Waals surface area contributed by atoms with Crippen LogP contribution in [0.1, 0.15) is 5.56 Å². The number of benzene rings is 1. The van der Waals surface area contributed by atoms with E-state index in [1.807, 2.05) is 36.0 Å². The number of hydrogen-bond acceptors (Lipinski definition) is 3. The first-order valence-corrected chi connectivity index (χ1v) is 7.45.